The molecule has 2 heteroatoms. The predicted molar refractivity (Wildman–Crippen MR) is 79.2 cm³/mol. The van der Waals surface area contributed by atoms with E-state index < -0.39 is 0 Å². The maximum atomic E-state index is 11.9. The number of hydrogen-bond donors (Lipinski definition) is 1. The van der Waals surface area contributed by atoms with Gasteiger partial charge in [0.1, 0.15) is 5.78 Å². The van der Waals surface area contributed by atoms with Crippen molar-refractivity contribution in [1.29, 1.82) is 0 Å². The van der Waals surface area contributed by atoms with Crippen molar-refractivity contribution in [2.45, 2.75) is 38.5 Å². The molecule has 0 N–H and O–H groups in total. The molecule has 18 heavy (non-hydrogen) atoms. The minimum Gasteiger partial charge on any atom is -0.299 e. The van der Waals surface area contributed by atoms with E-state index in [1.54, 1.807) is 0 Å². The molecule has 1 saturated carbocycles. The number of Topliss-reactive ketones (excluding diaryl/α,β-unsaturated/α-hetero) is 1. The van der Waals surface area contributed by atoms with E-state index in [1.807, 2.05) is 6.92 Å². The molecular formula is C16H22OS. The molecule has 0 amide bonds. The minimum atomic E-state index is 0.115. The van der Waals surface area contributed by atoms with Gasteiger partial charge in [-0.15, -0.1) is 0 Å². The number of hydrogen-bond acceptors (Lipinski definition) is 2. The van der Waals surface area contributed by atoms with E-state index in [2.05, 4.69) is 43.0 Å². The number of thiol groups is 1. The second kappa shape index (κ2) is 6.42. The zero-order chi connectivity index (χ0) is 13.0. The van der Waals surface area contributed by atoms with E-state index in [0.717, 1.165) is 6.42 Å². The van der Waals surface area contributed by atoms with Gasteiger partial charge in [-0.2, -0.15) is 12.6 Å². The van der Waals surface area contributed by atoms with Gasteiger partial charge in [-0.25, -0.2) is 0 Å². The Labute approximate surface area is 115 Å². The van der Waals surface area contributed by atoms with Gasteiger partial charge >= 0.3 is 0 Å². The number of rotatable bonds is 5. The van der Waals surface area contributed by atoms with Crippen LogP contribution in [0.2, 0.25) is 0 Å². The summed E-state index contributed by atoms with van der Waals surface area (Å²) in [7, 11) is 0. The highest BCUT2D eigenvalue weighted by atomic mass is 32.1. The van der Waals surface area contributed by atoms with E-state index in [-0.39, 0.29) is 5.92 Å². The summed E-state index contributed by atoms with van der Waals surface area (Å²) in [6, 6.07) is 10.7. The summed E-state index contributed by atoms with van der Waals surface area (Å²) in [5.74, 6) is 2.43. The smallest absolute Gasteiger partial charge is 0.136 e. The van der Waals surface area contributed by atoms with E-state index >= 15 is 0 Å². The molecule has 0 saturated heterocycles. The molecule has 1 nitrogen and oxygen atoms in total. The molecule has 3 unspecified atom stereocenters. The molecule has 1 aliphatic rings. The lowest BCUT2D eigenvalue weighted by Crippen LogP contribution is -2.15. The Kier molecular flexibility index (Phi) is 4.87. The Balaban J connectivity index is 1.87. The Hall–Kier alpha value is -0.760. The van der Waals surface area contributed by atoms with Crippen LogP contribution in [0.15, 0.2) is 30.3 Å². The third-order valence-corrected chi connectivity index (χ3v) is 4.67. The van der Waals surface area contributed by atoms with Gasteiger partial charge < -0.3 is 0 Å². The Morgan fingerprint density at radius 3 is 2.72 bits per heavy atom. The molecule has 1 aliphatic carbocycles. The molecule has 0 spiro atoms. The molecule has 0 radical (unpaired) electrons. The van der Waals surface area contributed by atoms with Crippen LogP contribution < -0.4 is 0 Å². The lowest BCUT2D eigenvalue weighted by molar-refractivity contribution is -0.122. The Morgan fingerprint density at radius 2 is 2.06 bits per heavy atom. The average molecular weight is 262 g/mol. The van der Waals surface area contributed by atoms with Gasteiger partial charge in [-0.05, 0) is 42.4 Å². The Morgan fingerprint density at radius 1 is 1.33 bits per heavy atom. The van der Waals surface area contributed by atoms with Crippen LogP contribution in [0.5, 0.6) is 0 Å². The van der Waals surface area contributed by atoms with Crippen molar-refractivity contribution in [2.75, 3.05) is 5.75 Å². The number of benzene rings is 1. The zero-order valence-corrected chi connectivity index (χ0v) is 11.9. The molecule has 1 aromatic rings. The molecule has 0 aromatic heterocycles. The highest BCUT2D eigenvalue weighted by Crippen LogP contribution is 2.40. The van der Waals surface area contributed by atoms with Gasteiger partial charge in [0.2, 0.25) is 0 Å². The first-order valence-electron chi connectivity index (χ1n) is 6.89. The molecule has 2 rings (SSSR count). The molecule has 3 atom stereocenters. The second-order valence-electron chi connectivity index (χ2n) is 5.54. The van der Waals surface area contributed by atoms with Crippen molar-refractivity contribution < 1.29 is 4.79 Å². The fourth-order valence-electron chi connectivity index (χ4n) is 2.88. The largest absolute Gasteiger partial charge is 0.299 e. The van der Waals surface area contributed by atoms with Gasteiger partial charge in [-0.3, -0.25) is 4.79 Å². The quantitative estimate of drug-likeness (QED) is 0.791. The summed E-state index contributed by atoms with van der Waals surface area (Å²) in [6.07, 6.45) is 4.36. The van der Waals surface area contributed by atoms with Crippen molar-refractivity contribution in [3.8, 4) is 0 Å². The van der Waals surface area contributed by atoms with E-state index in [9.17, 15) is 4.79 Å². The third kappa shape index (κ3) is 3.38. The minimum absolute atomic E-state index is 0.115. The topological polar surface area (TPSA) is 17.1 Å². The van der Waals surface area contributed by atoms with E-state index in [1.165, 1.54) is 24.8 Å². The summed E-state index contributed by atoms with van der Waals surface area (Å²) < 4.78 is 0. The average Bonchev–Trinajstić information content (AvgIpc) is 2.87. The lowest BCUT2D eigenvalue weighted by Gasteiger charge is -2.13. The second-order valence-corrected chi connectivity index (χ2v) is 5.91. The molecular weight excluding hydrogens is 240 g/mol. The Bertz CT molecular complexity index is 387. The fourth-order valence-corrected chi connectivity index (χ4v) is 3.08. The SMILES string of the molecule is CC(CS)C(=O)CC1CCC(c2ccccc2)C1. The van der Waals surface area contributed by atoms with Crippen LogP contribution in [-0.2, 0) is 4.79 Å². The van der Waals surface area contributed by atoms with E-state index in [0.29, 0.717) is 23.4 Å². The van der Waals surface area contributed by atoms with Gasteiger partial charge in [-0.1, -0.05) is 37.3 Å². The van der Waals surface area contributed by atoms with Crippen LogP contribution in [0.3, 0.4) is 0 Å². The summed E-state index contributed by atoms with van der Waals surface area (Å²) in [6.45, 7) is 1.99. The van der Waals surface area contributed by atoms with Crippen molar-refractivity contribution in [3.63, 3.8) is 0 Å². The van der Waals surface area contributed by atoms with Crippen LogP contribution in [0.25, 0.3) is 0 Å². The number of carbonyl (C=O) groups excluding carboxylic acids is 1. The monoisotopic (exact) mass is 262 g/mol. The molecule has 98 valence electrons. The molecule has 1 aromatic carbocycles. The summed E-state index contributed by atoms with van der Waals surface area (Å²) in [5, 5.41) is 0. The van der Waals surface area contributed by atoms with Crippen molar-refractivity contribution in [2.24, 2.45) is 11.8 Å². The van der Waals surface area contributed by atoms with E-state index in [4.69, 9.17) is 0 Å². The number of ketones is 1. The van der Waals surface area contributed by atoms with Crippen LogP contribution in [0.1, 0.15) is 44.1 Å². The van der Waals surface area contributed by atoms with Gasteiger partial charge in [0, 0.05) is 12.3 Å². The number of carbonyl (C=O) groups is 1. The van der Waals surface area contributed by atoms with Crippen molar-refractivity contribution in [1.82, 2.24) is 0 Å². The molecule has 1 fully saturated rings. The molecule has 0 aliphatic heterocycles. The molecule has 0 heterocycles. The summed E-state index contributed by atoms with van der Waals surface area (Å²) in [4.78, 5) is 11.9. The van der Waals surface area contributed by atoms with Gasteiger partial charge in [0.05, 0.1) is 0 Å². The summed E-state index contributed by atoms with van der Waals surface area (Å²) >= 11 is 4.21. The third-order valence-electron chi connectivity index (χ3n) is 4.13. The fraction of sp³-hybridized carbons (Fsp3) is 0.562. The first-order valence-corrected chi connectivity index (χ1v) is 7.52. The predicted octanol–water partition coefficient (Wildman–Crippen LogP) is 4.10. The standard InChI is InChI=1S/C16H22OS/c1-12(11-18)16(17)10-13-7-8-15(9-13)14-5-3-2-4-6-14/h2-6,12-13,15,18H,7-11H2,1H3. The highest BCUT2D eigenvalue weighted by Gasteiger charge is 2.28. The maximum absolute atomic E-state index is 11.9. The van der Waals surface area contributed by atoms with Crippen molar-refractivity contribution in [3.05, 3.63) is 35.9 Å². The van der Waals surface area contributed by atoms with Gasteiger partial charge in [0.25, 0.3) is 0 Å². The maximum Gasteiger partial charge on any atom is 0.136 e. The summed E-state index contributed by atoms with van der Waals surface area (Å²) in [5.41, 5.74) is 1.44. The van der Waals surface area contributed by atoms with Crippen LogP contribution >= 0.6 is 12.6 Å². The van der Waals surface area contributed by atoms with Crippen LogP contribution in [0, 0.1) is 11.8 Å². The normalized spacial score (nSPS) is 25.0. The first-order chi connectivity index (χ1) is 8.70. The van der Waals surface area contributed by atoms with Crippen LogP contribution in [-0.4, -0.2) is 11.5 Å². The first kappa shape index (κ1) is 13.7. The van der Waals surface area contributed by atoms with Gasteiger partial charge in [0.15, 0.2) is 0 Å². The van der Waals surface area contributed by atoms with Crippen LogP contribution in [0.4, 0.5) is 0 Å². The molecule has 0 bridgehead atoms. The zero-order valence-electron chi connectivity index (χ0n) is 11.0. The lowest BCUT2D eigenvalue weighted by atomic mass is 9.92. The highest BCUT2D eigenvalue weighted by molar-refractivity contribution is 7.80. The van der Waals surface area contributed by atoms with Crippen molar-refractivity contribution >= 4 is 18.4 Å².